The minimum absolute atomic E-state index is 0.376. The Kier molecular flexibility index (Phi) is 10.4. The maximum Gasteiger partial charge on any atom is 0.0514 e. The highest BCUT2D eigenvalue weighted by molar-refractivity contribution is 9.12. The summed E-state index contributed by atoms with van der Waals surface area (Å²) in [5.74, 6) is 0.436. The zero-order chi connectivity index (χ0) is 29.1. The van der Waals surface area contributed by atoms with Crippen molar-refractivity contribution < 1.29 is 0 Å². The molecule has 1 saturated carbocycles. The van der Waals surface area contributed by atoms with Gasteiger partial charge in [0.2, 0.25) is 0 Å². The number of rotatable bonds is 7. The number of hydrogen-bond donors (Lipinski definition) is 0. The van der Waals surface area contributed by atoms with E-state index >= 15 is 0 Å². The molecular weight excluding hydrogens is 780 g/mol. The molecule has 3 unspecified atom stereocenters. The van der Waals surface area contributed by atoms with Gasteiger partial charge in [0.05, 0.1) is 12.1 Å². The van der Waals surface area contributed by atoms with Crippen molar-refractivity contribution in [2.24, 2.45) is 5.92 Å². The SMILES string of the molecule is BrC1=CCC(N(C2=CC=C(Br)CC2)C2C=CC(C3C=CC(N(c4ccc(Br)cc4)C4CCC(Br)CC4)=CC3)=CC2)C=C1. The Balaban J connectivity index is 1.16. The fourth-order valence-corrected chi connectivity index (χ4v) is 8.35. The number of halogens is 4. The van der Waals surface area contributed by atoms with Crippen LogP contribution in [-0.4, -0.2) is 27.9 Å². The van der Waals surface area contributed by atoms with E-state index in [1.165, 1.54) is 57.3 Å². The van der Waals surface area contributed by atoms with Crippen LogP contribution in [0.15, 0.2) is 122 Å². The third kappa shape index (κ3) is 7.30. The predicted molar refractivity (Wildman–Crippen MR) is 193 cm³/mol. The van der Waals surface area contributed by atoms with Crippen LogP contribution in [0, 0.1) is 5.92 Å². The van der Waals surface area contributed by atoms with Gasteiger partial charge in [-0.1, -0.05) is 118 Å². The normalized spacial score (nSPS) is 29.2. The summed E-state index contributed by atoms with van der Waals surface area (Å²) in [7, 11) is 0. The molecule has 220 valence electrons. The molecule has 6 heteroatoms. The van der Waals surface area contributed by atoms with Crippen molar-refractivity contribution in [3.8, 4) is 0 Å². The van der Waals surface area contributed by atoms with Gasteiger partial charge >= 0.3 is 0 Å². The van der Waals surface area contributed by atoms with Gasteiger partial charge in [-0.15, -0.1) is 0 Å². The summed E-state index contributed by atoms with van der Waals surface area (Å²) in [4.78, 5) is 5.93. The van der Waals surface area contributed by atoms with Gasteiger partial charge in [0.25, 0.3) is 0 Å². The van der Waals surface area contributed by atoms with Crippen LogP contribution in [0.2, 0.25) is 0 Å². The van der Waals surface area contributed by atoms with Crippen molar-refractivity contribution in [1.29, 1.82) is 0 Å². The van der Waals surface area contributed by atoms with Gasteiger partial charge in [0.1, 0.15) is 0 Å². The minimum atomic E-state index is 0.376. The summed E-state index contributed by atoms with van der Waals surface area (Å²) in [5, 5.41) is 0. The van der Waals surface area contributed by atoms with E-state index in [1.54, 1.807) is 0 Å². The van der Waals surface area contributed by atoms with E-state index in [9.17, 15) is 0 Å². The molecule has 3 atom stereocenters. The Hall–Kier alpha value is -1.34. The van der Waals surface area contributed by atoms with Crippen LogP contribution in [-0.2, 0) is 0 Å². The zero-order valence-electron chi connectivity index (χ0n) is 23.8. The number of anilines is 1. The van der Waals surface area contributed by atoms with Crippen molar-refractivity contribution >= 4 is 69.4 Å². The molecule has 0 bridgehead atoms. The lowest BCUT2D eigenvalue weighted by Crippen LogP contribution is -2.42. The maximum atomic E-state index is 3.86. The first kappa shape index (κ1) is 30.7. The average Bonchev–Trinajstić information content (AvgIpc) is 3.02. The van der Waals surface area contributed by atoms with Crippen molar-refractivity contribution in [2.45, 2.75) is 80.7 Å². The number of allylic oxidation sites excluding steroid dienone is 11. The van der Waals surface area contributed by atoms with Crippen LogP contribution in [0.3, 0.4) is 0 Å². The molecule has 0 aromatic heterocycles. The van der Waals surface area contributed by atoms with Gasteiger partial charge < -0.3 is 9.80 Å². The maximum absolute atomic E-state index is 3.86. The standard InChI is InChI=1S/C36H38Br4N2/c37-27-5-17-33(18-6-27)41(34-19-7-28(38)8-20-34)31-13-1-25(2-14-31)26-3-15-32(16-4-26)42(35-21-9-29(39)10-22-35)36-23-11-30(40)12-24-36/h1-3,5-7,9-10,13,15-17,19,21-22,26,30-31,33,36H,4,8,11-12,14,18,20,23-24H2. The van der Waals surface area contributed by atoms with Gasteiger partial charge in [0.15, 0.2) is 0 Å². The lowest BCUT2D eigenvalue weighted by Gasteiger charge is -2.41. The molecule has 0 spiro atoms. The Labute approximate surface area is 285 Å². The summed E-state index contributed by atoms with van der Waals surface area (Å²) in [6.45, 7) is 0. The van der Waals surface area contributed by atoms with Crippen LogP contribution < -0.4 is 4.90 Å². The second-order valence-corrected chi connectivity index (χ2v) is 16.0. The van der Waals surface area contributed by atoms with Crippen LogP contribution >= 0.6 is 63.7 Å². The third-order valence-electron chi connectivity index (χ3n) is 9.14. The van der Waals surface area contributed by atoms with Gasteiger partial charge in [0, 0.05) is 42.8 Å². The van der Waals surface area contributed by atoms with Crippen LogP contribution in [0.25, 0.3) is 0 Å². The van der Waals surface area contributed by atoms with Gasteiger partial charge in [-0.2, -0.15) is 0 Å². The zero-order valence-corrected chi connectivity index (χ0v) is 30.2. The second-order valence-electron chi connectivity index (χ2n) is 11.9. The predicted octanol–water partition coefficient (Wildman–Crippen LogP) is 11.5. The number of nitrogens with zero attached hydrogens (tertiary/aromatic N) is 2. The molecule has 42 heavy (non-hydrogen) atoms. The van der Waals surface area contributed by atoms with Crippen molar-refractivity contribution in [2.75, 3.05) is 4.90 Å². The highest BCUT2D eigenvalue weighted by Crippen LogP contribution is 2.38. The smallest absolute Gasteiger partial charge is 0.0514 e. The molecule has 5 aliphatic carbocycles. The van der Waals surface area contributed by atoms with Crippen molar-refractivity contribution in [3.05, 3.63) is 122 Å². The van der Waals surface area contributed by atoms with Crippen LogP contribution in [0.1, 0.15) is 57.8 Å². The largest absolute Gasteiger partial charge is 0.361 e. The van der Waals surface area contributed by atoms with Gasteiger partial charge in [-0.05, 0) is 104 Å². The average molecular weight is 818 g/mol. The Morgan fingerprint density at radius 2 is 1.43 bits per heavy atom. The van der Waals surface area contributed by atoms with Crippen LogP contribution in [0.5, 0.6) is 0 Å². The topological polar surface area (TPSA) is 6.48 Å². The van der Waals surface area contributed by atoms with Crippen molar-refractivity contribution in [3.63, 3.8) is 0 Å². The second kappa shape index (κ2) is 14.2. The molecule has 0 heterocycles. The molecule has 1 aromatic carbocycles. The first-order valence-corrected chi connectivity index (χ1v) is 18.6. The van der Waals surface area contributed by atoms with E-state index in [-0.39, 0.29) is 0 Å². The Morgan fingerprint density at radius 3 is 2.02 bits per heavy atom. The first-order chi connectivity index (χ1) is 20.4. The third-order valence-corrected chi connectivity index (χ3v) is 11.8. The summed E-state index contributed by atoms with van der Waals surface area (Å²) in [6.07, 6.45) is 36.3. The minimum Gasteiger partial charge on any atom is -0.361 e. The fourth-order valence-electron chi connectivity index (χ4n) is 6.88. The summed E-state index contributed by atoms with van der Waals surface area (Å²) >= 11 is 14.8. The number of alkyl halides is 1. The first-order valence-electron chi connectivity index (χ1n) is 15.3. The van der Waals surface area contributed by atoms with E-state index in [2.05, 4.69) is 165 Å². The monoisotopic (exact) mass is 814 g/mol. The molecule has 6 rings (SSSR count). The van der Waals surface area contributed by atoms with E-state index in [0.29, 0.717) is 28.9 Å². The highest BCUT2D eigenvalue weighted by Gasteiger charge is 2.30. The molecule has 5 aliphatic rings. The molecule has 0 N–H and O–H groups in total. The van der Waals surface area contributed by atoms with Gasteiger partial charge in [-0.25, -0.2) is 0 Å². The fraction of sp³-hybridized carbons (Fsp3) is 0.389. The molecular formula is C36H38Br4N2. The summed E-state index contributed by atoms with van der Waals surface area (Å²) in [5.41, 5.74) is 5.54. The molecule has 1 aromatic rings. The number of hydrogen-bond acceptors (Lipinski definition) is 2. The van der Waals surface area contributed by atoms with Crippen LogP contribution in [0.4, 0.5) is 5.69 Å². The van der Waals surface area contributed by atoms with E-state index in [1.807, 2.05) is 0 Å². The quantitative estimate of drug-likeness (QED) is 0.253. The number of benzene rings is 1. The Morgan fingerprint density at radius 1 is 0.690 bits per heavy atom. The molecule has 0 amide bonds. The summed E-state index contributed by atoms with van der Waals surface area (Å²) < 4.78 is 3.61. The van der Waals surface area contributed by atoms with E-state index < -0.39 is 0 Å². The molecule has 0 radical (unpaired) electrons. The lowest BCUT2D eigenvalue weighted by atomic mass is 9.85. The summed E-state index contributed by atoms with van der Waals surface area (Å²) in [6, 6.07) is 10.2. The Bertz CT molecular complexity index is 1390. The molecule has 2 nitrogen and oxygen atoms in total. The highest BCUT2D eigenvalue weighted by atomic mass is 79.9. The van der Waals surface area contributed by atoms with E-state index in [0.717, 1.165) is 36.6 Å². The van der Waals surface area contributed by atoms with E-state index in [4.69, 9.17) is 0 Å². The van der Waals surface area contributed by atoms with Crippen molar-refractivity contribution in [1.82, 2.24) is 4.90 Å². The lowest BCUT2D eigenvalue weighted by molar-refractivity contribution is 0.235. The molecule has 0 saturated heterocycles. The van der Waals surface area contributed by atoms with Gasteiger partial charge in [-0.3, -0.25) is 0 Å². The molecule has 0 aliphatic heterocycles. The molecule has 1 fully saturated rings.